The van der Waals surface area contributed by atoms with Crippen LogP contribution >= 0.6 is 11.8 Å². The zero-order valence-electron chi connectivity index (χ0n) is 15.2. The van der Waals surface area contributed by atoms with Crippen molar-refractivity contribution in [1.82, 2.24) is 4.31 Å². The molecule has 0 spiro atoms. The molecule has 10 heteroatoms. The van der Waals surface area contributed by atoms with Gasteiger partial charge in [0.25, 0.3) is 0 Å². The first-order chi connectivity index (χ1) is 13.2. The van der Waals surface area contributed by atoms with Gasteiger partial charge < -0.3 is 10.2 Å². The Morgan fingerprint density at radius 3 is 2.68 bits per heavy atom. The quantitative estimate of drug-likeness (QED) is 0.796. The maximum absolute atomic E-state index is 13.3. The van der Waals surface area contributed by atoms with Crippen LogP contribution in [-0.2, 0) is 19.6 Å². The summed E-state index contributed by atoms with van der Waals surface area (Å²) in [6.07, 6.45) is 0. The second-order valence-corrected chi connectivity index (χ2v) is 9.41. The van der Waals surface area contributed by atoms with Crippen LogP contribution in [0.15, 0.2) is 52.3 Å². The largest absolute Gasteiger partial charge is 0.324 e. The first-order valence-corrected chi connectivity index (χ1v) is 10.7. The molecule has 7 nitrogen and oxygen atoms in total. The van der Waals surface area contributed by atoms with Crippen molar-refractivity contribution in [3.05, 3.63) is 48.3 Å². The molecule has 0 aliphatic carbocycles. The van der Waals surface area contributed by atoms with Crippen LogP contribution in [0.4, 0.5) is 15.8 Å². The van der Waals surface area contributed by atoms with Gasteiger partial charge in [0, 0.05) is 24.7 Å². The monoisotopic (exact) mass is 423 g/mol. The summed E-state index contributed by atoms with van der Waals surface area (Å²) < 4.78 is 39.2. The number of anilines is 2. The van der Waals surface area contributed by atoms with Gasteiger partial charge in [-0.3, -0.25) is 9.59 Å². The van der Waals surface area contributed by atoms with Crippen molar-refractivity contribution in [1.29, 1.82) is 0 Å². The molecular weight excluding hydrogens is 405 g/mol. The molecule has 1 aliphatic heterocycles. The minimum absolute atomic E-state index is 0.0297. The lowest BCUT2D eigenvalue weighted by atomic mass is 10.2. The molecule has 2 amide bonds. The molecule has 0 aromatic heterocycles. The Kier molecular flexibility index (Phi) is 5.73. The predicted molar refractivity (Wildman–Crippen MR) is 105 cm³/mol. The summed E-state index contributed by atoms with van der Waals surface area (Å²) in [5, 5.41) is 2.54. The van der Waals surface area contributed by atoms with Crippen molar-refractivity contribution in [3.8, 4) is 0 Å². The van der Waals surface area contributed by atoms with Crippen LogP contribution in [0.1, 0.15) is 0 Å². The fraction of sp³-hybridized carbons (Fsp3) is 0.222. The average Bonchev–Trinajstić information content (AvgIpc) is 2.63. The number of fused-ring (bicyclic) bond motifs is 1. The lowest BCUT2D eigenvalue weighted by Gasteiger charge is -2.29. The Bertz CT molecular complexity index is 1040. The molecule has 0 saturated heterocycles. The number of benzene rings is 2. The molecule has 0 atom stereocenters. The van der Waals surface area contributed by atoms with Gasteiger partial charge in [-0.15, -0.1) is 11.8 Å². The fourth-order valence-electron chi connectivity index (χ4n) is 2.64. The van der Waals surface area contributed by atoms with Gasteiger partial charge in [-0.2, -0.15) is 0 Å². The SMILES string of the molecule is CN(C)S(=O)(=O)c1ccc2c(c1)N(CC(=O)Nc1cccc(F)c1)C(=O)CS2. The van der Waals surface area contributed by atoms with Gasteiger partial charge in [-0.25, -0.2) is 17.1 Å². The Morgan fingerprint density at radius 1 is 1.25 bits per heavy atom. The third kappa shape index (κ3) is 4.18. The number of hydrogen-bond acceptors (Lipinski definition) is 5. The van der Waals surface area contributed by atoms with E-state index in [4.69, 9.17) is 0 Å². The number of nitrogens with one attached hydrogen (secondary N) is 1. The zero-order valence-corrected chi connectivity index (χ0v) is 16.8. The molecule has 28 heavy (non-hydrogen) atoms. The van der Waals surface area contributed by atoms with Crippen molar-refractivity contribution in [2.24, 2.45) is 0 Å². The molecule has 148 valence electrons. The summed E-state index contributed by atoms with van der Waals surface area (Å²) in [6, 6.07) is 9.91. The average molecular weight is 423 g/mol. The Labute approximate surface area is 166 Å². The van der Waals surface area contributed by atoms with Gasteiger partial charge in [0.2, 0.25) is 21.8 Å². The summed E-state index contributed by atoms with van der Waals surface area (Å²) in [5.41, 5.74) is 0.631. The topological polar surface area (TPSA) is 86.8 Å². The van der Waals surface area contributed by atoms with Crippen molar-refractivity contribution in [2.45, 2.75) is 9.79 Å². The van der Waals surface area contributed by atoms with Crippen LogP contribution in [0.3, 0.4) is 0 Å². The molecule has 0 fully saturated rings. The van der Waals surface area contributed by atoms with Crippen LogP contribution in [-0.4, -0.2) is 50.9 Å². The number of rotatable bonds is 5. The first kappa shape index (κ1) is 20.3. The second-order valence-electron chi connectivity index (χ2n) is 6.24. The van der Waals surface area contributed by atoms with Gasteiger partial charge in [-0.1, -0.05) is 6.07 Å². The van der Waals surface area contributed by atoms with Crippen molar-refractivity contribution < 1.29 is 22.4 Å². The number of hydrogen-bond donors (Lipinski definition) is 1. The third-order valence-corrected chi connectivity index (χ3v) is 6.92. The summed E-state index contributed by atoms with van der Waals surface area (Å²) in [5.74, 6) is -1.18. The Morgan fingerprint density at radius 2 is 2.00 bits per heavy atom. The standard InChI is InChI=1S/C18H18FN3O4S2/c1-21(2)28(25,26)14-6-7-16-15(9-14)22(18(24)11-27-16)10-17(23)20-13-5-3-4-12(19)8-13/h3-9H,10-11H2,1-2H3,(H,20,23). The maximum Gasteiger partial charge on any atom is 0.244 e. The molecule has 3 rings (SSSR count). The highest BCUT2D eigenvalue weighted by Crippen LogP contribution is 2.37. The van der Waals surface area contributed by atoms with Crippen molar-refractivity contribution in [3.63, 3.8) is 0 Å². The van der Waals surface area contributed by atoms with Crippen LogP contribution in [0.25, 0.3) is 0 Å². The van der Waals surface area contributed by atoms with Crippen molar-refractivity contribution in [2.75, 3.05) is 36.6 Å². The van der Waals surface area contributed by atoms with Crippen LogP contribution < -0.4 is 10.2 Å². The molecule has 0 unspecified atom stereocenters. The first-order valence-electron chi connectivity index (χ1n) is 8.23. The van der Waals surface area contributed by atoms with E-state index in [0.717, 1.165) is 4.31 Å². The van der Waals surface area contributed by atoms with E-state index >= 15 is 0 Å². The lowest BCUT2D eigenvalue weighted by Crippen LogP contribution is -2.41. The number of nitrogens with zero attached hydrogens (tertiary/aromatic N) is 2. The van der Waals surface area contributed by atoms with Crippen molar-refractivity contribution >= 4 is 45.0 Å². The maximum atomic E-state index is 13.3. The van der Waals surface area contributed by atoms with E-state index in [9.17, 15) is 22.4 Å². The van der Waals surface area contributed by atoms with Gasteiger partial charge in [0.1, 0.15) is 12.4 Å². The molecule has 1 heterocycles. The summed E-state index contributed by atoms with van der Waals surface area (Å²) >= 11 is 1.28. The molecule has 0 radical (unpaired) electrons. The number of carbonyl (C=O) groups excluding carboxylic acids is 2. The molecule has 0 bridgehead atoms. The summed E-state index contributed by atoms with van der Waals surface area (Å²) in [6.45, 7) is -0.311. The molecule has 2 aromatic rings. The molecule has 1 aliphatic rings. The normalized spacial score (nSPS) is 14.1. The number of thioether (sulfide) groups is 1. The summed E-state index contributed by atoms with van der Waals surface area (Å²) in [7, 11) is -0.858. The van der Waals surface area contributed by atoms with Crippen LogP contribution in [0, 0.1) is 5.82 Å². The molecule has 1 N–H and O–H groups in total. The molecular formula is C18H18FN3O4S2. The highest BCUT2D eigenvalue weighted by Gasteiger charge is 2.29. The van der Waals surface area contributed by atoms with E-state index in [-0.39, 0.29) is 28.8 Å². The number of halogens is 1. The van der Waals surface area contributed by atoms with Gasteiger partial charge in [-0.05, 0) is 36.4 Å². The highest BCUT2D eigenvalue weighted by molar-refractivity contribution is 8.00. The van der Waals surface area contributed by atoms with Gasteiger partial charge >= 0.3 is 0 Å². The summed E-state index contributed by atoms with van der Waals surface area (Å²) in [4.78, 5) is 26.8. The number of carbonyl (C=O) groups is 2. The minimum atomic E-state index is -3.69. The molecule has 0 saturated carbocycles. The van der Waals surface area contributed by atoms with E-state index in [0.29, 0.717) is 10.6 Å². The van der Waals surface area contributed by atoms with Gasteiger partial charge in [0.15, 0.2) is 0 Å². The Balaban J connectivity index is 1.88. The van der Waals surface area contributed by atoms with E-state index in [1.807, 2.05) is 0 Å². The number of sulfonamides is 1. The van der Waals surface area contributed by atoms with E-state index in [2.05, 4.69) is 5.32 Å². The highest BCUT2D eigenvalue weighted by atomic mass is 32.2. The zero-order chi connectivity index (χ0) is 20.5. The number of amides is 2. The lowest BCUT2D eigenvalue weighted by molar-refractivity contribution is -0.120. The molecule has 2 aromatic carbocycles. The smallest absolute Gasteiger partial charge is 0.244 e. The fourth-order valence-corrected chi connectivity index (χ4v) is 4.48. The van der Waals surface area contributed by atoms with E-state index in [1.54, 1.807) is 6.07 Å². The van der Waals surface area contributed by atoms with Gasteiger partial charge in [0.05, 0.1) is 16.3 Å². The Hall–Kier alpha value is -2.43. The van der Waals surface area contributed by atoms with Crippen LogP contribution in [0.5, 0.6) is 0 Å². The minimum Gasteiger partial charge on any atom is -0.324 e. The predicted octanol–water partition coefficient (Wildman–Crippen LogP) is 2.15. The van der Waals surface area contributed by atoms with E-state index in [1.165, 1.54) is 67.2 Å². The van der Waals surface area contributed by atoms with E-state index < -0.39 is 21.7 Å². The third-order valence-electron chi connectivity index (χ3n) is 4.06. The second kappa shape index (κ2) is 7.90. The van der Waals surface area contributed by atoms with Crippen LogP contribution in [0.2, 0.25) is 0 Å².